The average Bonchev–Trinajstić information content (AvgIpc) is 3.02. The Hall–Kier alpha value is -3.20. The van der Waals surface area contributed by atoms with Gasteiger partial charge in [-0.25, -0.2) is 0 Å². The maximum atomic E-state index is 13.5. The van der Waals surface area contributed by atoms with Gasteiger partial charge in [-0.05, 0) is 35.9 Å². The molecule has 0 amide bonds. The van der Waals surface area contributed by atoms with Gasteiger partial charge in [-0.3, -0.25) is 4.98 Å². The first-order valence-electron chi connectivity index (χ1n) is 7.60. The molecule has 0 bridgehead atoms. The van der Waals surface area contributed by atoms with Gasteiger partial charge in [-0.1, -0.05) is 12.1 Å². The van der Waals surface area contributed by atoms with Crippen LogP contribution in [0.3, 0.4) is 0 Å². The molecule has 6 nitrogen and oxygen atoms in total. The van der Waals surface area contributed by atoms with E-state index in [1.807, 2.05) is 0 Å². The van der Waals surface area contributed by atoms with Gasteiger partial charge in [0.15, 0.2) is 5.65 Å². The van der Waals surface area contributed by atoms with E-state index in [4.69, 9.17) is 16.3 Å². The summed E-state index contributed by atoms with van der Waals surface area (Å²) in [4.78, 5) is 3.90. The summed E-state index contributed by atoms with van der Waals surface area (Å²) in [5.41, 5.74) is -0.320. The summed E-state index contributed by atoms with van der Waals surface area (Å²) in [5.74, 6) is 0.0162. The van der Waals surface area contributed by atoms with Crippen molar-refractivity contribution in [3.8, 4) is 22.8 Å². The lowest BCUT2D eigenvalue weighted by atomic mass is 9.99. The highest BCUT2D eigenvalue weighted by Gasteiger charge is 2.35. The van der Waals surface area contributed by atoms with Crippen molar-refractivity contribution in [3.05, 3.63) is 65.7 Å². The Morgan fingerprint density at radius 1 is 1.00 bits per heavy atom. The molecule has 0 spiro atoms. The number of halogens is 4. The molecule has 1 aromatic carbocycles. The Morgan fingerprint density at radius 2 is 1.85 bits per heavy atom. The largest absolute Gasteiger partial charge is 0.437 e. The molecule has 0 aliphatic rings. The predicted molar refractivity (Wildman–Crippen MR) is 90.5 cm³/mol. The molecule has 0 atom stereocenters. The molecular weight excluding hydrogens is 383 g/mol. The number of benzene rings is 1. The van der Waals surface area contributed by atoms with Crippen molar-refractivity contribution in [2.45, 2.75) is 6.18 Å². The van der Waals surface area contributed by atoms with Crippen LogP contribution in [0.1, 0.15) is 5.56 Å². The van der Waals surface area contributed by atoms with Gasteiger partial charge >= 0.3 is 6.18 Å². The summed E-state index contributed by atoms with van der Waals surface area (Å²) in [6, 6.07) is 9.76. The number of hydrogen-bond acceptors (Lipinski definition) is 5. The molecule has 136 valence electrons. The first-order valence-corrected chi connectivity index (χ1v) is 7.98. The SMILES string of the molecule is FC(F)(F)c1cccc(Oc2ccc3nnc(Cl)n3n2)c1-c1cccnc1. The summed E-state index contributed by atoms with van der Waals surface area (Å²) < 4.78 is 47.5. The van der Waals surface area contributed by atoms with Crippen molar-refractivity contribution in [1.82, 2.24) is 24.8 Å². The highest BCUT2D eigenvalue weighted by Crippen LogP contribution is 2.42. The Bertz CT molecular complexity index is 1110. The summed E-state index contributed by atoms with van der Waals surface area (Å²) >= 11 is 5.87. The molecule has 10 heteroatoms. The molecular formula is C17H9ClF3N5O. The summed E-state index contributed by atoms with van der Waals surface area (Å²) in [7, 11) is 0. The Kier molecular flexibility index (Phi) is 4.15. The van der Waals surface area contributed by atoms with Crippen molar-refractivity contribution in [3.63, 3.8) is 0 Å². The minimum atomic E-state index is -4.57. The van der Waals surface area contributed by atoms with Gasteiger partial charge in [0, 0.05) is 29.6 Å². The molecule has 4 aromatic rings. The quantitative estimate of drug-likeness (QED) is 0.508. The highest BCUT2D eigenvalue weighted by molar-refractivity contribution is 6.28. The number of rotatable bonds is 3. The molecule has 4 rings (SSSR count). The molecule has 3 heterocycles. The molecule has 3 aromatic heterocycles. The van der Waals surface area contributed by atoms with E-state index < -0.39 is 11.7 Å². The molecule has 0 fully saturated rings. The molecule has 0 N–H and O–H groups in total. The number of aromatic nitrogens is 5. The first-order chi connectivity index (χ1) is 12.9. The highest BCUT2D eigenvalue weighted by atomic mass is 35.5. The summed E-state index contributed by atoms with van der Waals surface area (Å²) in [6.45, 7) is 0. The fourth-order valence-corrected chi connectivity index (χ4v) is 2.74. The molecule has 0 aliphatic carbocycles. The van der Waals surface area contributed by atoms with Gasteiger partial charge in [0.1, 0.15) is 5.75 Å². The maximum Gasteiger partial charge on any atom is 0.417 e. The van der Waals surface area contributed by atoms with Crippen LogP contribution in [0.25, 0.3) is 16.8 Å². The van der Waals surface area contributed by atoms with Gasteiger partial charge in [0.2, 0.25) is 11.2 Å². The van der Waals surface area contributed by atoms with Crippen molar-refractivity contribution >= 4 is 17.2 Å². The second kappa shape index (κ2) is 6.51. The lowest BCUT2D eigenvalue weighted by molar-refractivity contribution is -0.137. The number of alkyl halides is 3. The van der Waals surface area contributed by atoms with Crippen LogP contribution >= 0.6 is 11.6 Å². The van der Waals surface area contributed by atoms with E-state index in [0.717, 1.165) is 6.07 Å². The third-order valence-electron chi connectivity index (χ3n) is 3.70. The molecule has 27 heavy (non-hydrogen) atoms. The molecule has 0 aliphatic heterocycles. The van der Waals surface area contributed by atoms with Gasteiger partial charge in [-0.2, -0.15) is 17.7 Å². The Morgan fingerprint density at radius 3 is 2.59 bits per heavy atom. The second-order valence-corrected chi connectivity index (χ2v) is 5.77. The summed E-state index contributed by atoms with van der Waals surface area (Å²) in [6.07, 6.45) is -1.76. The van der Waals surface area contributed by atoms with Gasteiger partial charge in [0.05, 0.1) is 5.56 Å². The topological polar surface area (TPSA) is 65.2 Å². The van der Waals surface area contributed by atoms with E-state index in [9.17, 15) is 13.2 Å². The van der Waals surface area contributed by atoms with Crippen molar-refractivity contribution in [2.75, 3.05) is 0 Å². The normalized spacial score (nSPS) is 11.7. The van der Waals surface area contributed by atoms with Gasteiger partial charge < -0.3 is 4.74 Å². The lowest BCUT2D eigenvalue weighted by Gasteiger charge is -2.17. The molecule has 0 saturated heterocycles. The smallest absolute Gasteiger partial charge is 0.417 e. The van der Waals surface area contributed by atoms with Gasteiger partial charge in [0.25, 0.3) is 0 Å². The van der Waals surface area contributed by atoms with Crippen LogP contribution in [0, 0.1) is 0 Å². The maximum absolute atomic E-state index is 13.5. The molecule has 0 unspecified atom stereocenters. The van der Waals surface area contributed by atoms with Crippen LogP contribution in [0.4, 0.5) is 13.2 Å². The Balaban J connectivity index is 1.85. The second-order valence-electron chi connectivity index (χ2n) is 5.43. The third kappa shape index (κ3) is 3.28. The molecule has 0 radical (unpaired) electrons. The fourth-order valence-electron chi connectivity index (χ4n) is 2.57. The van der Waals surface area contributed by atoms with E-state index in [1.54, 1.807) is 12.1 Å². The fraction of sp³-hybridized carbons (Fsp3) is 0.0588. The zero-order valence-corrected chi connectivity index (χ0v) is 14.1. The minimum Gasteiger partial charge on any atom is -0.437 e. The van der Waals surface area contributed by atoms with E-state index in [1.165, 1.54) is 41.2 Å². The number of hydrogen-bond donors (Lipinski definition) is 0. The predicted octanol–water partition coefficient (Wildman–Crippen LogP) is 4.65. The van der Waals surface area contributed by atoms with E-state index in [2.05, 4.69) is 20.3 Å². The Labute approximate surface area is 155 Å². The number of fused-ring (bicyclic) bond motifs is 1. The average molecular weight is 392 g/mol. The van der Waals surface area contributed by atoms with Crippen LogP contribution in [-0.2, 0) is 6.18 Å². The van der Waals surface area contributed by atoms with Crippen LogP contribution in [0.15, 0.2) is 54.9 Å². The monoisotopic (exact) mass is 391 g/mol. The molecule has 0 saturated carbocycles. The van der Waals surface area contributed by atoms with Crippen LogP contribution < -0.4 is 4.74 Å². The number of ether oxygens (including phenoxy) is 1. The van der Waals surface area contributed by atoms with Crippen molar-refractivity contribution in [2.24, 2.45) is 0 Å². The van der Waals surface area contributed by atoms with E-state index in [0.29, 0.717) is 5.65 Å². The zero-order chi connectivity index (χ0) is 19.0. The number of pyridine rings is 1. The van der Waals surface area contributed by atoms with Crippen molar-refractivity contribution in [1.29, 1.82) is 0 Å². The van der Waals surface area contributed by atoms with E-state index in [-0.39, 0.29) is 28.0 Å². The summed E-state index contributed by atoms with van der Waals surface area (Å²) in [5, 5.41) is 11.5. The lowest BCUT2D eigenvalue weighted by Crippen LogP contribution is -2.08. The van der Waals surface area contributed by atoms with Crippen LogP contribution in [0.5, 0.6) is 11.6 Å². The van der Waals surface area contributed by atoms with Crippen LogP contribution in [-0.4, -0.2) is 24.8 Å². The minimum absolute atomic E-state index is 0.00646. The third-order valence-corrected chi connectivity index (χ3v) is 3.93. The number of nitrogens with zero attached hydrogens (tertiary/aromatic N) is 5. The van der Waals surface area contributed by atoms with E-state index >= 15 is 0 Å². The standard InChI is InChI=1S/C17H9ClF3N5O/c18-16-24-23-13-6-7-14(25-26(13)16)27-12-5-1-4-11(17(19,20)21)15(12)10-3-2-8-22-9-10/h1-9H. The first kappa shape index (κ1) is 17.2. The van der Waals surface area contributed by atoms with Gasteiger partial charge in [-0.15, -0.1) is 15.3 Å². The van der Waals surface area contributed by atoms with Crippen LogP contribution in [0.2, 0.25) is 5.28 Å². The zero-order valence-electron chi connectivity index (χ0n) is 13.4. The van der Waals surface area contributed by atoms with Crippen molar-refractivity contribution < 1.29 is 17.9 Å².